The highest BCUT2D eigenvalue weighted by Crippen LogP contribution is 2.36. The summed E-state index contributed by atoms with van der Waals surface area (Å²) in [6, 6.07) is 3.90. The highest BCUT2D eigenvalue weighted by molar-refractivity contribution is 5.13. The maximum Gasteiger partial charge on any atom is 0.108 e. The van der Waals surface area contributed by atoms with Gasteiger partial charge in [-0.2, -0.15) is 5.26 Å². The lowest BCUT2D eigenvalue weighted by molar-refractivity contribution is 0.141. The lowest BCUT2D eigenvalue weighted by Crippen LogP contribution is -2.44. The molecule has 0 saturated heterocycles. The van der Waals surface area contributed by atoms with Crippen LogP contribution in [0.2, 0.25) is 0 Å². The molecule has 2 saturated carbocycles. The fourth-order valence-corrected chi connectivity index (χ4v) is 3.74. The van der Waals surface area contributed by atoms with Gasteiger partial charge in [-0.05, 0) is 45.7 Å². The highest BCUT2D eigenvalue weighted by Gasteiger charge is 2.41. The zero-order valence-corrected chi connectivity index (χ0v) is 11.2. The molecule has 2 fully saturated rings. The van der Waals surface area contributed by atoms with Gasteiger partial charge >= 0.3 is 0 Å². The Morgan fingerprint density at radius 1 is 1.29 bits per heavy atom. The third kappa shape index (κ3) is 2.48. The minimum absolute atomic E-state index is 0.253. The van der Waals surface area contributed by atoms with E-state index in [2.05, 4.69) is 23.2 Å². The molecule has 2 atom stereocenters. The fourth-order valence-electron chi connectivity index (χ4n) is 3.74. The molecule has 0 aromatic rings. The van der Waals surface area contributed by atoms with Crippen molar-refractivity contribution in [1.29, 1.82) is 5.26 Å². The Labute approximate surface area is 105 Å². The van der Waals surface area contributed by atoms with Gasteiger partial charge < -0.3 is 5.32 Å². The van der Waals surface area contributed by atoms with Crippen LogP contribution in [0.5, 0.6) is 0 Å². The van der Waals surface area contributed by atoms with E-state index < -0.39 is 0 Å². The van der Waals surface area contributed by atoms with Crippen LogP contribution < -0.4 is 5.32 Å². The van der Waals surface area contributed by atoms with Gasteiger partial charge in [-0.1, -0.05) is 19.8 Å². The zero-order valence-electron chi connectivity index (χ0n) is 11.2. The first-order valence-corrected chi connectivity index (χ1v) is 7.10. The first-order chi connectivity index (χ1) is 8.24. The van der Waals surface area contributed by atoms with Gasteiger partial charge in [0.25, 0.3) is 0 Å². The summed E-state index contributed by atoms with van der Waals surface area (Å²) in [6.45, 7) is 3.41. The molecule has 2 rings (SSSR count). The maximum atomic E-state index is 9.32. The largest absolute Gasteiger partial charge is 0.302 e. The second kappa shape index (κ2) is 5.37. The van der Waals surface area contributed by atoms with E-state index in [1.165, 1.54) is 32.1 Å². The number of hydrogen-bond donors (Lipinski definition) is 1. The van der Waals surface area contributed by atoms with E-state index in [0.717, 1.165) is 25.4 Å². The van der Waals surface area contributed by atoms with Gasteiger partial charge in [-0.15, -0.1) is 0 Å². The molecule has 0 radical (unpaired) electrons. The van der Waals surface area contributed by atoms with E-state index >= 15 is 0 Å². The van der Waals surface area contributed by atoms with Crippen LogP contribution in [0.25, 0.3) is 0 Å². The molecule has 2 aliphatic rings. The SMILES string of the molecule is CCN(C1CCCC1)C1CCC(C#N)(NC)C1. The molecule has 17 heavy (non-hydrogen) atoms. The van der Waals surface area contributed by atoms with Gasteiger partial charge in [0.2, 0.25) is 0 Å². The van der Waals surface area contributed by atoms with Gasteiger partial charge in [0.05, 0.1) is 6.07 Å². The first kappa shape index (κ1) is 12.9. The number of hydrogen-bond acceptors (Lipinski definition) is 3. The van der Waals surface area contributed by atoms with E-state index in [1.54, 1.807) is 0 Å². The van der Waals surface area contributed by atoms with Crippen LogP contribution in [0.1, 0.15) is 51.9 Å². The summed E-state index contributed by atoms with van der Waals surface area (Å²) in [5, 5.41) is 12.6. The van der Waals surface area contributed by atoms with Crippen LogP contribution in [-0.2, 0) is 0 Å². The van der Waals surface area contributed by atoms with Crippen molar-refractivity contribution in [3.05, 3.63) is 0 Å². The summed E-state index contributed by atoms with van der Waals surface area (Å²) >= 11 is 0. The summed E-state index contributed by atoms with van der Waals surface area (Å²) in [6.07, 6.45) is 8.70. The van der Waals surface area contributed by atoms with Crippen LogP contribution in [-0.4, -0.2) is 36.1 Å². The second-order valence-electron chi connectivity index (χ2n) is 5.61. The lowest BCUT2D eigenvalue weighted by Gasteiger charge is -2.34. The van der Waals surface area contributed by atoms with E-state index in [-0.39, 0.29) is 5.54 Å². The van der Waals surface area contributed by atoms with Crippen molar-refractivity contribution in [3.8, 4) is 6.07 Å². The zero-order chi connectivity index (χ0) is 12.3. The minimum Gasteiger partial charge on any atom is -0.302 e. The summed E-state index contributed by atoms with van der Waals surface area (Å²) in [5.41, 5.74) is -0.253. The molecule has 96 valence electrons. The number of nitriles is 1. The molecule has 0 spiro atoms. The monoisotopic (exact) mass is 235 g/mol. The Hall–Kier alpha value is -0.590. The molecule has 1 N–H and O–H groups in total. The van der Waals surface area contributed by atoms with Crippen molar-refractivity contribution in [1.82, 2.24) is 10.2 Å². The smallest absolute Gasteiger partial charge is 0.108 e. The molecular formula is C14H25N3. The Morgan fingerprint density at radius 3 is 2.47 bits per heavy atom. The van der Waals surface area contributed by atoms with Crippen molar-refractivity contribution in [2.24, 2.45) is 0 Å². The van der Waals surface area contributed by atoms with Crippen molar-refractivity contribution in [2.45, 2.75) is 69.5 Å². The standard InChI is InChI=1S/C14H25N3/c1-3-17(12-6-4-5-7-12)13-8-9-14(10-13,11-15)16-2/h12-13,16H,3-10H2,1-2H3. The fraction of sp³-hybridized carbons (Fsp3) is 0.929. The van der Waals surface area contributed by atoms with Crippen molar-refractivity contribution in [3.63, 3.8) is 0 Å². The quantitative estimate of drug-likeness (QED) is 0.812. The Balaban J connectivity index is 2.00. The third-order valence-electron chi connectivity index (χ3n) is 4.81. The van der Waals surface area contributed by atoms with Crippen LogP contribution >= 0.6 is 0 Å². The molecule has 2 aliphatic carbocycles. The predicted octanol–water partition coefficient (Wildman–Crippen LogP) is 2.29. The second-order valence-corrected chi connectivity index (χ2v) is 5.61. The van der Waals surface area contributed by atoms with Crippen molar-refractivity contribution in [2.75, 3.05) is 13.6 Å². The molecule has 0 aromatic carbocycles. The van der Waals surface area contributed by atoms with Crippen molar-refractivity contribution >= 4 is 0 Å². The summed E-state index contributed by atoms with van der Waals surface area (Å²) in [4.78, 5) is 2.67. The Bertz CT molecular complexity index is 290. The molecule has 0 bridgehead atoms. The molecule has 2 unspecified atom stereocenters. The number of nitrogens with one attached hydrogen (secondary N) is 1. The molecule has 0 aliphatic heterocycles. The number of rotatable bonds is 4. The first-order valence-electron chi connectivity index (χ1n) is 7.10. The summed E-state index contributed by atoms with van der Waals surface area (Å²) in [5.74, 6) is 0. The molecular weight excluding hydrogens is 210 g/mol. The van der Waals surface area contributed by atoms with Gasteiger partial charge in [0.1, 0.15) is 5.54 Å². The van der Waals surface area contributed by atoms with E-state index in [0.29, 0.717) is 6.04 Å². The molecule has 0 amide bonds. The molecule has 0 aromatic heterocycles. The average Bonchev–Trinajstić information content (AvgIpc) is 3.00. The van der Waals surface area contributed by atoms with Gasteiger partial charge in [-0.25, -0.2) is 0 Å². The van der Waals surface area contributed by atoms with E-state index in [1.807, 2.05) is 7.05 Å². The van der Waals surface area contributed by atoms with Crippen LogP contribution in [0.3, 0.4) is 0 Å². The highest BCUT2D eigenvalue weighted by atomic mass is 15.2. The van der Waals surface area contributed by atoms with Gasteiger partial charge in [0.15, 0.2) is 0 Å². The Kier molecular flexibility index (Phi) is 4.06. The third-order valence-corrected chi connectivity index (χ3v) is 4.81. The topological polar surface area (TPSA) is 39.1 Å². The average molecular weight is 235 g/mol. The van der Waals surface area contributed by atoms with Crippen LogP contribution in [0, 0.1) is 11.3 Å². The summed E-state index contributed by atoms with van der Waals surface area (Å²) in [7, 11) is 1.93. The predicted molar refractivity (Wildman–Crippen MR) is 69.7 cm³/mol. The van der Waals surface area contributed by atoms with Gasteiger partial charge in [0, 0.05) is 12.1 Å². The minimum atomic E-state index is -0.253. The van der Waals surface area contributed by atoms with Crippen LogP contribution in [0.15, 0.2) is 0 Å². The Morgan fingerprint density at radius 2 is 2.00 bits per heavy atom. The lowest BCUT2D eigenvalue weighted by atomic mass is 9.99. The molecule has 3 heteroatoms. The maximum absolute atomic E-state index is 9.32. The van der Waals surface area contributed by atoms with Crippen molar-refractivity contribution < 1.29 is 0 Å². The number of nitrogens with zero attached hydrogens (tertiary/aromatic N) is 2. The van der Waals surface area contributed by atoms with E-state index in [9.17, 15) is 5.26 Å². The van der Waals surface area contributed by atoms with Gasteiger partial charge in [-0.3, -0.25) is 4.90 Å². The normalized spacial score (nSPS) is 34.4. The molecule has 3 nitrogen and oxygen atoms in total. The molecule has 0 heterocycles. The van der Waals surface area contributed by atoms with E-state index in [4.69, 9.17) is 0 Å². The van der Waals surface area contributed by atoms with Crippen LogP contribution in [0.4, 0.5) is 0 Å². The summed E-state index contributed by atoms with van der Waals surface area (Å²) < 4.78 is 0.